The summed E-state index contributed by atoms with van der Waals surface area (Å²) in [4.78, 5) is 37.1. The van der Waals surface area contributed by atoms with Crippen molar-refractivity contribution in [2.45, 2.75) is 51.9 Å². The Hall–Kier alpha value is -1.65. The fourth-order valence-corrected chi connectivity index (χ4v) is 7.64. The second-order valence-corrected chi connectivity index (χ2v) is 9.20. The van der Waals surface area contributed by atoms with Crippen LogP contribution in [0.15, 0.2) is 12.2 Å². The van der Waals surface area contributed by atoms with E-state index >= 15 is 0 Å². The molecule has 0 saturated heterocycles. The summed E-state index contributed by atoms with van der Waals surface area (Å²) in [5.41, 5.74) is -1.36. The maximum Gasteiger partial charge on any atom is 0.309 e. The van der Waals surface area contributed by atoms with Gasteiger partial charge < -0.3 is 15.0 Å². The highest BCUT2D eigenvalue weighted by Gasteiger charge is 2.76. The number of rotatable bonds is 3. The summed E-state index contributed by atoms with van der Waals surface area (Å²) >= 11 is 0. The minimum absolute atomic E-state index is 0.0296. The minimum atomic E-state index is -1.16. The van der Waals surface area contributed by atoms with E-state index in [0.29, 0.717) is 31.6 Å². The number of aliphatic carboxylic acids is 2. The van der Waals surface area contributed by atoms with E-state index in [1.807, 2.05) is 0 Å². The maximum absolute atomic E-state index is 12.4. The zero-order chi connectivity index (χ0) is 18.2. The van der Waals surface area contributed by atoms with Gasteiger partial charge in [-0.1, -0.05) is 18.6 Å². The molecule has 4 aliphatic carbocycles. The molecule has 0 amide bonds. The Bertz CT molecular complexity index is 684. The largest absolute Gasteiger partial charge is 0.481 e. The molecule has 0 aromatic heterocycles. The number of hydrogen-bond donors (Lipinski definition) is 2. The molecule has 4 fully saturated rings. The first-order valence-electron chi connectivity index (χ1n) is 9.33. The van der Waals surface area contributed by atoms with Crippen molar-refractivity contribution in [3.05, 3.63) is 12.2 Å². The van der Waals surface area contributed by atoms with Gasteiger partial charge in [-0.3, -0.25) is 9.59 Å². The molecule has 2 bridgehead atoms. The number of fused-ring (bicyclic) bond motifs is 3. The van der Waals surface area contributed by atoms with E-state index in [9.17, 15) is 24.6 Å². The normalized spacial score (nSPS) is 50.8. The lowest BCUT2D eigenvalue weighted by Crippen LogP contribution is -2.52. The van der Waals surface area contributed by atoms with Crippen molar-refractivity contribution in [2.24, 2.45) is 39.9 Å². The van der Waals surface area contributed by atoms with Gasteiger partial charge in [-0.25, -0.2) is 0 Å². The van der Waals surface area contributed by atoms with Gasteiger partial charge in [0.25, 0.3) is 0 Å². The first-order chi connectivity index (χ1) is 11.7. The smallest absolute Gasteiger partial charge is 0.309 e. The fraction of sp³-hybridized carbons (Fsp3) is 0.750. The lowest BCUT2D eigenvalue weighted by Gasteiger charge is -2.49. The van der Waals surface area contributed by atoms with Crippen molar-refractivity contribution < 1.29 is 24.6 Å². The third kappa shape index (κ3) is 1.77. The molecular formula is C20H26O5. The molecule has 5 nitrogen and oxygen atoms in total. The molecule has 136 valence electrons. The SMILES string of the molecule is C=C1CC23CC1CCC2C1(C=O)CCCC(C)(C(=O)O)C1C3C(=O)O. The molecule has 7 atom stereocenters. The molecule has 4 rings (SSSR count). The van der Waals surface area contributed by atoms with Gasteiger partial charge in [0.1, 0.15) is 6.29 Å². The number of carbonyl (C=O) groups excluding carboxylic acids is 1. The van der Waals surface area contributed by atoms with E-state index in [0.717, 1.165) is 31.1 Å². The highest BCUT2D eigenvalue weighted by atomic mass is 16.4. The minimum Gasteiger partial charge on any atom is -0.481 e. The predicted molar refractivity (Wildman–Crippen MR) is 89.7 cm³/mol. The average Bonchev–Trinajstić information content (AvgIpc) is 2.96. The molecule has 4 saturated carbocycles. The van der Waals surface area contributed by atoms with Crippen LogP contribution in [0.25, 0.3) is 0 Å². The second-order valence-electron chi connectivity index (χ2n) is 9.20. The quantitative estimate of drug-likeness (QED) is 0.605. The second kappa shape index (κ2) is 4.95. The van der Waals surface area contributed by atoms with Crippen LogP contribution in [0.3, 0.4) is 0 Å². The Morgan fingerprint density at radius 2 is 1.96 bits per heavy atom. The predicted octanol–water partition coefficient (Wildman–Crippen LogP) is 3.14. The first-order valence-corrected chi connectivity index (χ1v) is 9.33. The van der Waals surface area contributed by atoms with Gasteiger partial charge in [-0.15, -0.1) is 0 Å². The molecule has 5 heteroatoms. The highest BCUT2D eigenvalue weighted by molar-refractivity contribution is 5.82. The third-order valence-electron chi connectivity index (χ3n) is 8.40. The van der Waals surface area contributed by atoms with Crippen LogP contribution in [-0.2, 0) is 14.4 Å². The number of carbonyl (C=O) groups is 3. The van der Waals surface area contributed by atoms with Gasteiger partial charge in [-0.05, 0) is 62.7 Å². The highest BCUT2D eigenvalue weighted by Crippen LogP contribution is 2.77. The van der Waals surface area contributed by atoms with E-state index in [-0.39, 0.29) is 5.92 Å². The van der Waals surface area contributed by atoms with Crippen LogP contribution in [0, 0.1) is 39.9 Å². The summed E-state index contributed by atoms with van der Waals surface area (Å²) in [6, 6.07) is 0. The zero-order valence-electron chi connectivity index (χ0n) is 14.7. The van der Waals surface area contributed by atoms with Crippen molar-refractivity contribution in [3.8, 4) is 0 Å². The molecule has 0 aromatic rings. The van der Waals surface area contributed by atoms with Gasteiger partial charge in [0.2, 0.25) is 0 Å². The summed E-state index contributed by atoms with van der Waals surface area (Å²) < 4.78 is 0. The van der Waals surface area contributed by atoms with E-state index in [4.69, 9.17) is 0 Å². The van der Waals surface area contributed by atoms with Crippen LogP contribution in [0.2, 0.25) is 0 Å². The van der Waals surface area contributed by atoms with Crippen LogP contribution in [0.4, 0.5) is 0 Å². The van der Waals surface area contributed by atoms with Gasteiger partial charge in [0.05, 0.1) is 11.3 Å². The molecule has 25 heavy (non-hydrogen) atoms. The Morgan fingerprint density at radius 1 is 1.24 bits per heavy atom. The van der Waals surface area contributed by atoms with Crippen LogP contribution >= 0.6 is 0 Å². The van der Waals surface area contributed by atoms with Crippen LogP contribution < -0.4 is 0 Å². The number of allylic oxidation sites excluding steroid dienone is 1. The van der Waals surface area contributed by atoms with Crippen molar-refractivity contribution in [3.63, 3.8) is 0 Å². The van der Waals surface area contributed by atoms with Crippen LogP contribution in [-0.4, -0.2) is 28.4 Å². The Morgan fingerprint density at radius 3 is 2.56 bits per heavy atom. The number of carboxylic acids is 2. The zero-order valence-corrected chi connectivity index (χ0v) is 14.7. The van der Waals surface area contributed by atoms with Gasteiger partial charge in [0, 0.05) is 11.3 Å². The standard InChI is InChI=1S/C20H26O5/c1-11-8-20-9-12(11)4-5-13(20)19(10-21)7-3-6-18(2,17(24)25)15(19)14(20)16(22)23/h10,12-15H,1,3-9H2,2H3,(H,22,23)(H,24,25). The average molecular weight is 346 g/mol. The van der Waals surface area contributed by atoms with Crippen molar-refractivity contribution in [2.75, 3.05) is 0 Å². The van der Waals surface area contributed by atoms with Crippen molar-refractivity contribution in [1.29, 1.82) is 0 Å². The van der Waals surface area contributed by atoms with Crippen LogP contribution in [0.1, 0.15) is 51.9 Å². The van der Waals surface area contributed by atoms with Crippen molar-refractivity contribution in [1.82, 2.24) is 0 Å². The number of hydrogen-bond acceptors (Lipinski definition) is 3. The Balaban J connectivity index is 1.97. The first kappa shape index (κ1) is 16.8. The Labute approximate surface area is 147 Å². The maximum atomic E-state index is 12.4. The molecule has 0 radical (unpaired) electrons. The van der Waals surface area contributed by atoms with Crippen LogP contribution in [0.5, 0.6) is 0 Å². The number of aldehydes is 1. The summed E-state index contributed by atoms with van der Waals surface area (Å²) in [7, 11) is 0. The van der Waals surface area contributed by atoms with Gasteiger partial charge >= 0.3 is 11.9 Å². The molecule has 1 spiro atoms. The summed E-state index contributed by atoms with van der Waals surface area (Å²) in [6.07, 6.45) is 5.85. The topological polar surface area (TPSA) is 91.7 Å². The van der Waals surface area contributed by atoms with Gasteiger partial charge in [0.15, 0.2) is 0 Å². The fourth-order valence-electron chi connectivity index (χ4n) is 7.64. The summed E-state index contributed by atoms with van der Waals surface area (Å²) in [6.45, 7) is 5.85. The van der Waals surface area contributed by atoms with Gasteiger partial charge in [-0.2, -0.15) is 0 Å². The lowest BCUT2D eigenvalue weighted by molar-refractivity contribution is -0.167. The van der Waals surface area contributed by atoms with E-state index < -0.39 is 40.0 Å². The van der Waals surface area contributed by atoms with E-state index in [1.165, 1.54) is 0 Å². The molecule has 0 heterocycles. The van der Waals surface area contributed by atoms with Crippen molar-refractivity contribution >= 4 is 18.2 Å². The summed E-state index contributed by atoms with van der Waals surface area (Å²) in [5, 5.41) is 20.2. The lowest BCUT2D eigenvalue weighted by atomic mass is 9.53. The molecule has 0 aliphatic heterocycles. The summed E-state index contributed by atoms with van der Waals surface area (Å²) in [5.74, 6) is -2.99. The monoisotopic (exact) mass is 346 g/mol. The van der Waals surface area contributed by atoms with E-state index in [2.05, 4.69) is 6.58 Å². The molecule has 0 aromatic carbocycles. The van der Waals surface area contributed by atoms with E-state index in [1.54, 1.807) is 6.92 Å². The third-order valence-corrected chi connectivity index (χ3v) is 8.40. The Kier molecular flexibility index (Phi) is 3.33. The molecular weight excluding hydrogens is 320 g/mol. The number of carboxylic acid groups (broad SMARTS) is 2. The molecule has 2 N–H and O–H groups in total. The molecule has 7 unspecified atom stereocenters. The molecule has 4 aliphatic rings.